The highest BCUT2D eigenvalue weighted by atomic mass is 79.9. The molecule has 3 aliphatic rings. The summed E-state index contributed by atoms with van der Waals surface area (Å²) in [4.78, 5) is 12.9. The van der Waals surface area contributed by atoms with Crippen LogP contribution in [0.15, 0.2) is 22.7 Å². The Hall–Kier alpha value is -0.910. The maximum absolute atomic E-state index is 12.9. The van der Waals surface area contributed by atoms with Gasteiger partial charge in [0, 0.05) is 17.0 Å². The Balaban J connectivity index is 1.82. The average molecular weight is 365 g/mol. The summed E-state index contributed by atoms with van der Waals surface area (Å²) in [7, 11) is 1.79. The SMILES string of the molecule is COC1CCC2(CC1)Cc1ccc(Br)cc1C21NCNC1=O. The van der Waals surface area contributed by atoms with Crippen LogP contribution in [0.2, 0.25) is 0 Å². The third kappa shape index (κ3) is 1.79. The summed E-state index contributed by atoms with van der Waals surface area (Å²) in [5, 5.41) is 6.55. The molecule has 2 spiro atoms. The van der Waals surface area contributed by atoms with E-state index in [9.17, 15) is 4.79 Å². The number of benzene rings is 1. The fourth-order valence-electron chi connectivity index (χ4n) is 4.88. The number of rotatable bonds is 1. The van der Waals surface area contributed by atoms with Gasteiger partial charge in [0.05, 0.1) is 12.8 Å². The molecule has 1 aromatic rings. The maximum atomic E-state index is 12.9. The number of amides is 1. The lowest BCUT2D eigenvalue weighted by atomic mass is 9.61. The second-order valence-corrected chi connectivity index (χ2v) is 7.72. The zero-order valence-electron chi connectivity index (χ0n) is 12.7. The van der Waals surface area contributed by atoms with Crippen molar-refractivity contribution < 1.29 is 9.53 Å². The Labute approximate surface area is 139 Å². The molecule has 0 aromatic heterocycles. The van der Waals surface area contributed by atoms with Gasteiger partial charge >= 0.3 is 0 Å². The molecule has 1 aliphatic heterocycles. The van der Waals surface area contributed by atoms with Crippen molar-refractivity contribution in [2.75, 3.05) is 13.8 Å². The molecule has 118 valence electrons. The van der Waals surface area contributed by atoms with E-state index < -0.39 is 5.54 Å². The van der Waals surface area contributed by atoms with Gasteiger partial charge in [-0.2, -0.15) is 0 Å². The summed E-state index contributed by atoms with van der Waals surface area (Å²) in [6, 6.07) is 6.38. The van der Waals surface area contributed by atoms with E-state index in [1.54, 1.807) is 7.11 Å². The van der Waals surface area contributed by atoms with Gasteiger partial charge in [-0.15, -0.1) is 0 Å². The lowest BCUT2D eigenvalue weighted by Gasteiger charge is -2.46. The first-order valence-corrected chi connectivity index (χ1v) is 8.76. The van der Waals surface area contributed by atoms with Crippen molar-refractivity contribution in [3.05, 3.63) is 33.8 Å². The van der Waals surface area contributed by atoms with Crippen LogP contribution in [0.4, 0.5) is 0 Å². The molecule has 1 unspecified atom stereocenters. The van der Waals surface area contributed by atoms with Crippen LogP contribution in [0, 0.1) is 5.41 Å². The summed E-state index contributed by atoms with van der Waals surface area (Å²) in [5.74, 6) is 0.139. The normalized spacial score (nSPS) is 36.8. The van der Waals surface area contributed by atoms with Crippen molar-refractivity contribution in [3.8, 4) is 0 Å². The number of fused-ring (bicyclic) bond motifs is 3. The Bertz CT molecular complexity index is 625. The van der Waals surface area contributed by atoms with E-state index in [0.717, 1.165) is 42.1 Å². The molecule has 1 heterocycles. The van der Waals surface area contributed by atoms with Crippen molar-refractivity contribution in [2.24, 2.45) is 5.41 Å². The number of hydrogen-bond donors (Lipinski definition) is 2. The van der Waals surface area contributed by atoms with E-state index >= 15 is 0 Å². The molecule has 0 bridgehead atoms. The first-order chi connectivity index (χ1) is 10.6. The topological polar surface area (TPSA) is 50.4 Å². The second kappa shape index (κ2) is 5.05. The monoisotopic (exact) mass is 364 g/mol. The lowest BCUT2D eigenvalue weighted by Crippen LogP contribution is -2.56. The minimum Gasteiger partial charge on any atom is -0.381 e. The van der Waals surface area contributed by atoms with Crippen molar-refractivity contribution in [1.82, 2.24) is 10.6 Å². The molecular weight excluding hydrogens is 344 g/mol. The van der Waals surface area contributed by atoms with Crippen molar-refractivity contribution in [1.29, 1.82) is 0 Å². The van der Waals surface area contributed by atoms with E-state index in [-0.39, 0.29) is 11.3 Å². The fraction of sp³-hybridized carbons (Fsp3) is 0.588. The van der Waals surface area contributed by atoms with Crippen LogP contribution in [-0.4, -0.2) is 25.8 Å². The van der Waals surface area contributed by atoms with Gasteiger partial charge in [-0.1, -0.05) is 22.0 Å². The van der Waals surface area contributed by atoms with Crippen LogP contribution >= 0.6 is 15.9 Å². The summed E-state index contributed by atoms with van der Waals surface area (Å²) in [6.07, 6.45) is 5.43. The van der Waals surface area contributed by atoms with Crippen LogP contribution < -0.4 is 10.6 Å². The van der Waals surface area contributed by atoms with Gasteiger partial charge in [-0.05, 0) is 55.4 Å². The van der Waals surface area contributed by atoms with Gasteiger partial charge in [-0.25, -0.2) is 0 Å². The predicted molar refractivity (Wildman–Crippen MR) is 87.4 cm³/mol. The highest BCUT2D eigenvalue weighted by molar-refractivity contribution is 9.10. The lowest BCUT2D eigenvalue weighted by molar-refractivity contribution is -0.131. The number of methoxy groups -OCH3 is 1. The van der Waals surface area contributed by atoms with Gasteiger partial charge in [0.25, 0.3) is 0 Å². The number of ether oxygens (including phenoxy) is 1. The van der Waals surface area contributed by atoms with Crippen molar-refractivity contribution >= 4 is 21.8 Å². The van der Waals surface area contributed by atoms with Crippen molar-refractivity contribution in [2.45, 2.75) is 43.7 Å². The number of carbonyl (C=O) groups excluding carboxylic acids is 1. The quantitative estimate of drug-likeness (QED) is 0.804. The minimum absolute atomic E-state index is 0.0221. The molecule has 0 radical (unpaired) electrons. The summed E-state index contributed by atoms with van der Waals surface area (Å²) < 4.78 is 6.58. The standard InChI is InChI=1S/C17H21BrN2O2/c1-22-13-4-6-16(7-5-13)9-11-2-3-12(18)8-14(11)17(16)15(21)19-10-20-17/h2-3,8,13,20H,4-7,9-10H2,1H3,(H,19,21). The first-order valence-electron chi connectivity index (χ1n) is 7.96. The predicted octanol–water partition coefficient (Wildman–Crippen LogP) is 2.45. The summed E-state index contributed by atoms with van der Waals surface area (Å²) in [6.45, 7) is 0.556. The number of hydrogen-bond acceptors (Lipinski definition) is 3. The average Bonchev–Trinajstić information content (AvgIpc) is 3.03. The molecule has 4 rings (SSSR count). The molecule has 1 atom stereocenters. The summed E-state index contributed by atoms with van der Waals surface area (Å²) in [5.41, 5.74) is 1.88. The third-order valence-electron chi connectivity index (χ3n) is 5.97. The van der Waals surface area contributed by atoms with E-state index in [1.807, 2.05) is 0 Å². The van der Waals surface area contributed by atoms with E-state index in [4.69, 9.17) is 4.74 Å². The Morgan fingerprint density at radius 2 is 2.09 bits per heavy atom. The Kier molecular flexibility index (Phi) is 3.36. The number of halogens is 1. The van der Waals surface area contributed by atoms with Crippen LogP contribution in [0.3, 0.4) is 0 Å². The van der Waals surface area contributed by atoms with Crippen molar-refractivity contribution in [3.63, 3.8) is 0 Å². The van der Waals surface area contributed by atoms with E-state index in [2.05, 4.69) is 44.8 Å². The molecule has 1 saturated heterocycles. The zero-order valence-corrected chi connectivity index (χ0v) is 14.3. The van der Waals surface area contributed by atoms with Crippen LogP contribution in [0.1, 0.15) is 36.8 Å². The molecule has 22 heavy (non-hydrogen) atoms. The molecule has 2 aliphatic carbocycles. The molecule has 4 nitrogen and oxygen atoms in total. The third-order valence-corrected chi connectivity index (χ3v) is 6.46. The molecule has 1 amide bonds. The van der Waals surface area contributed by atoms with Crippen LogP contribution in [0.5, 0.6) is 0 Å². The molecule has 2 fully saturated rings. The largest absolute Gasteiger partial charge is 0.381 e. The highest BCUT2D eigenvalue weighted by Crippen LogP contribution is 2.58. The zero-order chi connectivity index (χ0) is 15.4. The van der Waals surface area contributed by atoms with Crippen LogP contribution in [-0.2, 0) is 21.5 Å². The fourth-order valence-corrected chi connectivity index (χ4v) is 5.24. The minimum atomic E-state index is -0.565. The smallest absolute Gasteiger partial charge is 0.246 e. The van der Waals surface area contributed by atoms with Gasteiger partial charge < -0.3 is 10.1 Å². The van der Waals surface area contributed by atoms with Crippen LogP contribution in [0.25, 0.3) is 0 Å². The van der Waals surface area contributed by atoms with Gasteiger partial charge in [-0.3, -0.25) is 10.1 Å². The molecule has 2 N–H and O–H groups in total. The van der Waals surface area contributed by atoms with E-state index in [1.165, 1.54) is 5.56 Å². The Morgan fingerprint density at radius 3 is 2.73 bits per heavy atom. The van der Waals surface area contributed by atoms with E-state index in [0.29, 0.717) is 12.8 Å². The van der Waals surface area contributed by atoms with Gasteiger partial charge in [0.1, 0.15) is 5.54 Å². The second-order valence-electron chi connectivity index (χ2n) is 6.80. The van der Waals surface area contributed by atoms with Gasteiger partial charge in [0.2, 0.25) is 5.91 Å². The van der Waals surface area contributed by atoms with Gasteiger partial charge in [0.15, 0.2) is 0 Å². The maximum Gasteiger partial charge on any atom is 0.246 e. The number of carbonyl (C=O) groups is 1. The molecule has 1 aromatic carbocycles. The number of nitrogens with one attached hydrogen (secondary N) is 2. The Morgan fingerprint density at radius 1 is 1.32 bits per heavy atom. The highest BCUT2D eigenvalue weighted by Gasteiger charge is 2.64. The molecule has 1 saturated carbocycles. The molecular formula is C17H21BrN2O2. The first kappa shape index (κ1) is 14.7. The molecule has 5 heteroatoms. The summed E-state index contributed by atoms with van der Waals surface area (Å²) >= 11 is 3.57.